The number of rotatable bonds is 8. The minimum atomic E-state index is -3.80. The van der Waals surface area contributed by atoms with Crippen molar-refractivity contribution in [2.24, 2.45) is 5.92 Å². The lowest BCUT2D eigenvalue weighted by Crippen LogP contribution is -2.48. The number of benzene rings is 3. The van der Waals surface area contributed by atoms with Crippen LogP contribution in [0.4, 0.5) is 16.2 Å². The number of likely N-dealkylation sites (N-methyl/N-ethyl adjacent to an activating group) is 1. The van der Waals surface area contributed by atoms with Gasteiger partial charge in [0.2, 0.25) is 5.91 Å². The Morgan fingerprint density at radius 1 is 1.14 bits per heavy atom. The van der Waals surface area contributed by atoms with Gasteiger partial charge in [0.1, 0.15) is 16.1 Å². The molecular weight excluding hydrogens is 601 g/mol. The van der Waals surface area contributed by atoms with Gasteiger partial charge in [-0.25, -0.2) is 13.2 Å². The number of hydrogen-bond acceptors (Lipinski definition) is 7. The van der Waals surface area contributed by atoms with Crippen LogP contribution in [0.25, 0.3) is 10.8 Å². The Hall–Kier alpha value is -4.13. The molecule has 0 bridgehead atoms. The van der Waals surface area contributed by atoms with Gasteiger partial charge in [0, 0.05) is 36.1 Å². The van der Waals surface area contributed by atoms with Crippen LogP contribution in [-0.2, 0) is 21.2 Å². The number of carbonyl (C=O) groups is 2. The first-order chi connectivity index (χ1) is 21.1. The van der Waals surface area contributed by atoms with Crippen molar-refractivity contribution in [2.75, 3.05) is 36.8 Å². The average Bonchev–Trinajstić information content (AvgIpc) is 3.57. The SMILES string of the molecule is C[C@@H]1CN([C@@H](C)CO)C(=O)Cc2cc(NS(=O)(=O)c3cccs3)ccc2O[C@@H]1CN(C)C(=O)Nc1cccc2ccccc12. The van der Waals surface area contributed by atoms with Gasteiger partial charge in [-0.1, -0.05) is 49.4 Å². The van der Waals surface area contributed by atoms with Crippen LogP contribution in [-0.4, -0.2) is 74.2 Å². The number of nitrogens with one attached hydrogen (secondary N) is 2. The first kappa shape index (κ1) is 31.3. The Kier molecular flexibility index (Phi) is 9.42. The van der Waals surface area contributed by atoms with Gasteiger partial charge in [0.25, 0.3) is 10.0 Å². The monoisotopic (exact) mass is 636 g/mol. The fourth-order valence-electron chi connectivity index (χ4n) is 5.23. The number of nitrogens with zero attached hydrogens (tertiary/aromatic N) is 2. The van der Waals surface area contributed by atoms with Gasteiger partial charge in [0.15, 0.2) is 0 Å². The molecule has 3 aromatic carbocycles. The van der Waals surface area contributed by atoms with Crippen molar-refractivity contribution in [3.63, 3.8) is 0 Å². The fourth-order valence-corrected chi connectivity index (χ4v) is 7.27. The lowest BCUT2D eigenvalue weighted by atomic mass is 10.0. The van der Waals surface area contributed by atoms with E-state index in [-0.39, 0.29) is 41.6 Å². The summed E-state index contributed by atoms with van der Waals surface area (Å²) in [5, 5.41) is 16.5. The summed E-state index contributed by atoms with van der Waals surface area (Å²) in [6.45, 7) is 4.01. The Bertz CT molecular complexity index is 1740. The molecule has 4 aromatic rings. The van der Waals surface area contributed by atoms with E-state index in [1.54, 1.807) is 53.4 Å². The van der Waals surface area contributed by atoms with E-state index >= 15 is 0 Å². The van der Waals surface area contributed by atoms with Gasteiger partial charge in [-0.3, -0.25) is 9.52 Å². The fraction of sp³-hybridized carbons (Fsp3) is 0.312. The maximum Gasteiger partial charge on any atom is 0.321 e. The molecule has 0 saturated heterocycles. The van der Waals surface area contributed by atoms with Crippen molar-refractivity contribution in [1.82, 2.24) is 9.80 Å². The smallest absolute Gasteiger partial charge is 0.321 e. The number of aliphatic hydroxyl groups is 1. The number of sulfonamides is 1. The zero-order chi connectivity index (χ0) is 31.4. The van der Waals surface area contributed by atoms with E-state index in [1.165, 1.54) is 6.07 Å². The standard InChI is InChI=1S/C32H36N4O6S2/c1-21-18-36(22(2)20-37)30(38)17-24-16-25(34-44(40,41)31-12-7-15-43-31)13-14-28(24)42-29(21)19-35(3)32(39)33-27-11-6-9-23-8-4-5-10-26(23)27/h4-16,21-22,29,34,37H,17-20H2,1-3H3,(H,33,39)/t21-,22+,29-/m1/s1. The highest BCUT2D eigenvalue weighted by Crippen LogP contribution is 2.31. The number of urea groups is 1. The summed E-state index contributed by atoms with van der Waals surface area (Å²) < 4.78 is 35.0. The summed E-state index contributed by atoms with van der Waals surface area (Å²) in [5.41, 5.74) is 1.49. The zero-order valence-corrected chi connectivity index (χ0v) is 26.4. The first-order valence-electron chi connectivity index (χ1n) is 14.3. The van der Waals surface area contributed by atoms with Crippen LogP contribution in [0.2, 0.25) is 0 Å². The van der Waals surface area contributed by atoms with Crippen molar-refractivity contribution in [1.29, 1.82) is 0 Å². The molecule has 0 radical (unpaired) electrons. The van der Waals surface area contributed by atoms with E-state index in [1.807, 2.05) is 49.4 Å². The highest BCUT2D eigenvalue weighted by Gasteiger charge is 2.32. The Morgan fingerprint density at radius 3 is 2.66 bits per heavy atom. The minimum absolute atomic E-state index is 0.0505. The molecule has 0 spiro atoms. The number of fused-ring (bicyclic) bond motifs is 2. The predicted molar refractivity (Wildman–Crippen MR) is 173 cm³/mol. The third kappa shape index (κ3) is 6.98. The van der Waals surface area contributed by atoms with Gasteiger partial charge in [-0.2, -0.15) is 0 Å². The molecule has 1 aromatic heterocycles. The molecule has 1 aliphatic heterocycles. The Morgan fingerprint density at radius 2 is 1.91 bits per heavy atom. The van der Waals surface area contributed by atoms with E-state index in [9.17, 15) is 23.1 Å². The third-order valence-corrected chi connectivity index (χ3v) is 10.5. The van der Waals surface area contributed by atoms with Gasteiger partial charge < -0.3 is 25.0 Å². The van der Waals surface area contributed by atoms with E-state index < -0.39 is 22.2 Å². The van der Waals surface area contributed by atoms with Crippen LogP contribution in [0.3, 0.4) is 0 Å². The molecule has 232 valence electrons. The third-order valence-electron chi connectivity index (χ3n) is 7.76. The molecule has 2 heterocycles. The molecule has 0 unspecified atom stereocenters. The minimum Gasteiger partial charge on any atom is -0.488 e. The van der Waals surface area contributed by atoms with Crippen molar-refractivity contribution in [3.05, 3.63) is 83.7 Å². The van der Waals surface area contributed by atoms with Crippen LogP contribution < -0.4 is 14.8 Å². The lowest BCUT2D eigenvalue weighted by molar-refractivity contribution is -0.134. The topological polar surface area (TPSA) is 128 Å². The summed E-state index contributed by atoms with van der Waals surface area (Å²) >= 11 is 1.11. The molecule has 0 saturated carbocycles. The van der Waals surface area contributed by atoms with Crippen LogP contribution in [0.15, 0.2) is 82.4 Å². The molecule has 3 amide bonds. The van der Waals surface area contributed by atoms with Gasteiger partial charge in [0.05, 0.1) is 31.3 Å². The average molecular weight is 637 g/mol. The zero-order valence-electron chi connectivity index (χ0n) is 24.8. The maximum absolute atomic E-state index is 13.5. The number of carbonyl (C=O) groups excluding carboxylic acids is 2. The molecule has 10 nitrogen and oxygen atoms in total. The van der Waals surface area contributed by atoms with Gasteiger partial charge in [-0.15, -0.1) is 11.3 Å². The molecule has 3 atom stereocenters. The second-order valence-electron chi connectivity index (χ2n) is 11.1. The van der Waals surface area contributed by atoms with E-state index in [0.717, 1.165) is 22.1 Å². The van der Waals surface area contributed by atoms with Crippen LogP contribution in [0.1, 0.15) is 19.4 Å². The Balaban J connectivity index is 1.41. The highest BCUT2D eigenvalue weighted by molar-refractivity contribution is 7.94. The predicted octanol–water partition coefficient (Wildman–Crippen LogP) is 5.02. The van der Waals surface area contributed by atoms with Crippen LogP contribution >= 0.6 is 11.3 Å². The number of amides is 3. The van der Waals surface area contributed by atoms with Crippen molar-refractivity contribution in [2.45, 2.75) is 36.6 Å². The van der Waals surface area contributed by atoms with Crippen LogP contribution in [0, 0.1) is 5.92 Å². The lowest BCUT2D eigenvalue weighted by Gasteiger charge is -2.34. The summed E-state index contributed by atoms with van der Waals surface area (Å²) in [7, 11) is -2.11. The summed E-state index contributed by atoms with van der Waals surface area (Å²) in [5.74, 6) is -0.0106. The number of hydrogen-bond donors (Lipinski definition) is 3. The number of ether oxygens (including phenoxy) is 1. The first-order valence-corrected chi connectivity index (χ1v) is 16.7. The normalized spacial score (nSPS) is 17.9. The number of aliphatic hydroxyl groups excluding tert-OH is 1. The molecule has 0 fully saturated rings. The van der Waals surface area contributed by atoms with Gasteiger partial charge in [-0.05, 0) is 48.0 Å². The molecule has 44 heavy (non-hydrogen) atoms. The number of thiophene rings is 1. The number of anilines is 2. The molecule has 3 N–H and O–H groups in total. The second-order valence-corrected chi connectivity index (χ2v) is 13.9. The largest absolute Gasteiger partial charge is 0.488 e. The van der Waals surface area contributed by atoms with E-state index in [0.29, 0.717) is 29.2 Å². The molecule has 1 aliphatic rings. The maximum atomic E-state index is 13.5. The molecule has 5 rings (SSSR count). The van der Waals surface area contributed by atoms with Crippen molar-refractivity contribution < 1.29 is 27.9 Å². The van der Waals surface area contributed by atoms with Crippen LogP contribution in [0.5, 0.6) is 5.75 Å². The van der Waals surface area contributed by atoms with Crippen molar-refractivity contribution in [3.8, 4) is 5.75 Å². The van der Waals surface area contributed by atoms with E-state index in [2.05, 4.69) is 10.0 Å². The quantitative estimate of drug-likeness (QED) is 0.249. The van der Waals surface area contributed by atoms with E-state index in [4.69, 9.17) is 4.74 Å². The second kappa shape index (κ2) is 13.2. The summed E-state index contributed by atoms with van der Waals surface area (Å²) in [6, 6.07) is 20.8. The van der Waals surface area contributed by atoms with Crippen molar-refractivity contribution >= 4 is 55.4 Å². The molecule has 12 heteroatoms. The van der Waals surface area contributed by atoms with Gasteiger partial charge >= 0.3 is 6.03 Å². The highest BCUT2D eigenvalue weighted by atomic mass is 32.2. The molecule has 0 aliphatic carbocycles. The summed E-state index contributed by atoms with van der Waals surface area (Å²) in [6.07, 6.45) is -0.574. The molecular formula is C32H36N4O6S2. The Labute approximate surface area is 261 Å². The summed E-state index contributed by atoms with van der Waals surface area (Å²) in [4.78, 5) is 30.0.